The molecule has 0 aromatic heterocycles. The Morgan fingerprint density at radius 2 is 1.60 bits per heavy atom. The molecule has 5 aliphatic heterocycles. The molecule has 1 unspecified atom stereocenters. The molecule has 1 N–H and O–H groups in total. The second-order valence-corrected chi connectivity index (χ2v) is 22.7. The smallest absolute Gasteiger partial charge is 0.410 e. The number of rotatable bonds is 12. The predicted molar refractivity (Wildman–Crippen MR) is 258 cm³/mol. The Hall–Kier alpha value is -1.76. The van der Waals surface area contributed by atoms with Crippen LogP contribution in [0.5, 0.6) is 0 Å². The molecule has 17 heteroatoms. The molecule has 0 spiro atoms. The molecule has 0 saturated carbocycles. The number of hydrogen-bond acceptors (Lipinski definition) is 14. The number of aliphatic hydroxyl groups excluding tert-OH is 1. The fraction of sp³-hybridized carbons (Fsp3) is 0.820. The maximum Gasteiger partial charge on any atom is 0.410 e. The lowest BCUT2D eigenvalue weighted by Crippen LogP contribution is -2.60. The number of carbonyl (C=O) groups is 3. The summed E-state index contributed by atoms with van der Waals surface area (Å²) in [6.45, 7) is 18.9. The van der Waals surface area contributed by atoms with Crippen LogP contribution in [0.2, 0.25) is 10.0 Å². The molecule has 18 atom stereocenters. The molecule has 1 aromatic carbocycles. The van der Waals surface area contributed by atoms with Gasteiger partial charge >= 0.3 is 12.1 Å². The van der Waals surface area contributed by atoms with Gasteiger partial charge in [-0.2, -0.15) is 11.8 Å². The maximum absolute atomic E-state index is 15.1. The van der Waals surface area contributed by atoms with Crippen molar-refractivity contribution in [1.29, 1.82) is 0 Å². The van der Waals surface area contributed by atoms with Crippen LogP contribution in [0.4, 0.5) is 4.79 Å². The fourth-order valence-corrected chi connectivity index (χ4v) is 13.4. The van der Waals surface area contributed by atoms with Crippen LogP contribution < -0.4 is 0 Å². The number of esters is 1. The Balaban J connectivity index is 1.42. The molecule has 380 valence electrons. The lowest BCUT2D eigenvalue weighted by molar-refractivity contribution is -0.309. The highest BCUT2D eigenvalue weighted by molar-refractivity contribution is 7.99. The molecular formula is C50H78Cl2N2O12S. The Labute approximate surface area is 413 Å². The lowest BCUT2D eigenvalue weighted by Gasteiger charge is -2.49. The van der Waals surface area contributed by atoms with E-state index < -0.39 is 102 Å². The Bertz CT molecular complexity index is 1880. The highest BCUT2D eigenvalue weighted by Crippen LogP contribution is 2.45. The van der Waals surface area contributed by atoms with E-state index in [1.54, 1.807) is 52.0 Å². The van der Waals surface area contributed by atoms with Gasteiger partial charge in [0.25, 0.3) is 0 Å². The van der Waals surface area contributed by atoms with Crippen LogP contribution in [-0.2, 0) is 53.9 Å². The first kappa shape index (κ1) is 54.6. The number of nitrogens with zero attached hydrogens (tertiary/aromatic N) is 2. The van der Waals surface area contributed by atoms with E-state index in [2.05, 4.69) is 18.9 Å². The first-order chi connectivity index (χ1) is 31.5. The number of hydrogen-bond donors (Lipinski definition) is 1. The fourth-order valence-electron chi connectivity index (χ4n) is 11.8. The van der Waals surface area contributed by atoms with Crippen molar-refractivity contribution in [2.24, 2.45) is 23.7 Å². The second kappa shape index (κ2) is 22.3. The van der Waals surface area contributed by atoms with Crippen LogP contribution in [0.15, 0.2) is 18.2 Å². The zero-order chi connectivity index (χ0) is 49.3. The van der Waals surface area contributed by atoms with Gasteiger partial charge in [-0.1, -0.05) is 57.0 Å². The minimum Gasteiger partial charge on any atom is -0.458 e. The van der Waals surface area contributed by atoms with E-state index in [9.17, 15) is 14.7 Å². The molecule has 14 nitrogen and oxygen atoms in total. The monoisotopic (exact) mass is 1000 g/mol. The van der Waals surface area contributed by atoms with E-state index in [-0.39, 0.29) is 43.7 Å². The molecular weight excluding hydrogens is 924 g/mol. The molecule has 6 rings (SSSR count). The third-order valence-corrected chi connectivity index (χ3v) is 17.9. The molecule has 0 radical (unpaired) electrons. The van der Waals surface area contributed by atoms with Gasteiger partial charge in [-0.3, -0.25) is 19.4 Å². The quantitative estimate of drug-likeness (QED) is 0.200. The summed E-state index contributed by atoms with van der Waals surface area (Å²) in [7, 11) is 5.37. The summed E-state index contributed by atoms with van der Waals surface area (Å²) in [5.74, 6) is -1.38. The van der Waals surface area contributed by atoms with Gasteiger partial charge in [-0.25, -0.2) is 4.79 Å². The van der Waals surface area contributed by atoms with E-state index in [0.717, 1.165) is 29.9 Å². The average molecular weight is 1000 g/mol. The summed E-state index contributed by atoms with van der Waals surface area (Å²) < 4.78 is 52.5. The Morgan fingerprint density at radius 3 is 2.22 bits per heavy atom. The third kappa shape index (κ3) is 11.6. The number of methoxy groups -OCH3 is 2. The molecule has 67 heavy (non-hydrogen) atoms. The van der Waals surface area contributed by atoms with Crippen molar-refractivity contribution in [2.75, 3.05) is 39.3 Å². The van der Waals surface area contributed by atoms with Gasteiger partial charge < -0.3 is 43.0 Å². The van der Waals surface area contributed by atoms with Gasteiger partial charge in [0.2, 0.25) is 0 Å². The molecule has 1 aromatic rings. The molecule has 5 fully saturated rings. The summed E-state index contributed by atoms with van der Waals surface area (Å²) in [5, 5.41) is 12.0. The Kier molecular flexibility index (Phi) is 18.2. The summed E-state index contributed by atoms with van der Waals surface area (Å²) in [6, 6.07) is 5.18. The summed E-state index contributed by atoms with van der Waals surface area (Å²) in [5.41, 5.74) is -2.74. The number of benzene rings is 1. The van der Waals surface area contributed by atoms with Crippen molar-refractivity contribution in [3.63, 3.8) is 0 Å². The number of ketones is 1. The number of ether oxygens (including phenoxy) is 8. The molecule has 0 bridgehead atoms. The van der Waals surface area contributed by atoms with Gasteiger partial charge in [0.1, 0.15) is 18.0 Å². The number of halogens is 2. The number of cyclic esters (lactones) is 1. The topological polar surface area (TPSA) is 152 Å². The van der Waals surface area contributed by atoms with E-state index in [1.807, 2.05) is 59.4 Å². The summed E-state index contributed by atoms with van der Waals surface area (Å²) in [4.78, 5) is 48.3. The van der Waals surface area contributed by atoms with Gasteiger partial charge in [0, 0.05) is 69.2 Å². The van der Waals surface area contributed by atoms with Crippen molar-refractivity contribution in [1.82, 2.24) is 9.80 Å². The van der Waals surface area contributed by atoms with Crippen LogP contribution in [0, 0.1) is 23.7 Å². The standard InChI is InChI=1S/C50H78Cl2N2O12S/c1-14-38-50(10)43(54(47(58)66-50)19-17-33-15-16-36(51)37(52)22-33)29(4)41(55)27(2)24-49(9,60-13)45(65-39-23-35(21-28(3)61-39)53(11)34-18-20-67-26-34)30(5)42(31(6)46(57)63-38)64-40-25-48(8,59-12)44(56)32(7)62-40/h15-16,22,27-32,34-35,38-40,42-45,56H,14,17-21,23-26H2,1-13H3/t27-,28-,29+,30+,31-,32+,34?,35+,38-,39+,40+,42+,43-,44+,45-,48-,49+,50-/m1/s1. The van der Waals surface area contributed by atoms with Gasteiger partial charge in [0.05, 0.1) is 57.6 Å². The highest BCUT2D eigenvalue weighted by atomic mass is 35.5. The van der Waals surface area contributed by atoms with Gasteiger partial charge in [-0.05, 0) is 104 Å². The molecule has 5 saturated heterocycles. The van der Waals surface area contributed by atoms with Crippen LogP contribution in [0.3, 0.4) is 0 Å². The third-order valence-electron chi connectivity index (χ3n) is 16.0. The van der Waals surface area contributed by atoms with Crippen LogP contribution in [0.1, 0.15) is 113 Å². The molecule has 5 aliphatic rings. The van der Waals surface area contributed by atoms with Crippen molar-refractivity contribution in [3.8, 4) is 0 Å². The van der Waals surface area contributed by atoms with Gasteiger partial charge in [0.15, 0.2) is 18.2 Å². The number of thioether (sulfide) groups is 1. The first-order valence-corrected chi connectivity index (χ1v) is 26.3. The molecule has 0 aliphatic carbocycles. The van der Waals surface area contributed by atoms with Crippen LogP contribution in [0.25, 0.3) is 0 Å². The molecule has 1 amide bonds. The SMILES string of the molecule is CC[C@H]1OC(=O)[C@H](C)[C@@H](O[C@H]2C[C@@](C)(OC)[C@@H](O)[C@H](C)O2)[C@H](C)[C@@H](O[C@H]2C[C@@H](N(C)C3CCSC3)C[C@@H](C)O2)[C@@](C)(OC)C[C@@H](C)C(=O)[C@H](C)[C@H]2N(CCc3ccc(Cl)c(Cl)c3)C(=O)O[C@]12C. The number of carbonyl (C=O) groups excluding carboxylic acids is 3. The van der Waals surface area contributed by atoms with Crippen molar-refractivity contribution < 1.29 is 57.4 Å². The second-order valence-electron chi connectivity index (χ2n) is 20.8. The normalized spacial score (nSPS) is 42.6. The summed E-state index contributed by atoms with van der Waals surface area (Å²) >= 11 is 14.6. The number of aliphatic hydroxyl groups is 1. The van der Waals surface area contributed by atoms with E-state index in [0.29, 0.717) is 28.9 Å². The summed E-state index contributed by atoms with van der Waals surface area (Å²) in [6.07, 6.45) is -2.88. The van der Waals surface area contributed by atoms with Crippen LogP contribution in [-0.4, -0.2) is 156 Å². The minimum absolute atomic E-state index is 0.100. The van der Waals surface area contributed by atoms with Gasteiger partial charge in [-0.15, -0.1) is 0 Å². The maximum atomic E-state index is 15.1. The zero-order valence-electron chi connectivity index (χ0n) is 42.0. The highest BCUT2D eigenvalue weighted by Gasteiger charge is 2.61. The number of amides is 1. The lowest BCUT2D eigenvalue weighted by atomic mass is 9.73. The minimum atomic E-state index is -1.43. The average Bonchev–Trinajstić information content (AvgIpc) is 3.92. The van der Waals surface area contributed by atoms with E-state index >= 15 is 4.79 Å². The van der Waals surface area contributed by atoms with Crippen molar-refractivity contribution in [3.05, 3.63) is 33.8 Å². The predicted octanol–water partition coefficient (Wildman–Crippen LogP) is 8.36. The van der Waals surface area contributed by atoms with Crippen molar-refractivity contribution >= 4 is 52.8 Å². The number of fused-ring (bicyclic) bond motifs is 1. The van der Waals surface area contributed by atoms with Crippen LogP contribution >= 0.6 is 35.0 Å². The zero-order valence-corrected chi connectivity index (χ0v) is 44.3. The van der Waals surface area contributed by atoms with E-state index in [1.165, 1.54) is 0 Å². The first-order valence-electron chi connectivity index (χ1n) is 24.4. The molecule has 5 heterocycles. The van der Waals surface area contributed by atoms with E-state index in [4.69, 9.17) is 61.1 Å². The van der Waals surface area contributed by atoms with Crippen molar-refractivity contribution in [2.45, 2.75) is 198 Å². The number of Topliss-reactive ketones (excluding diaryl/α,β-unsaturated/α-hetero) is 1. The largest absolute Gasteiger partial charge is 0.458 e. The Morgan fingerprint density at radius 1 is 0.896 bits per heavy atom.